The van der Waals surface area contributed by atoms with Crippen LogP contribution in [-0.2, 0) is 11.2 Å². The van der Waals surface area contributed by atoms with E-state index in [1.165, 1.54) is 4.88 Å². The van der Waals surface area contributed by atoms with Crippen molar-refractivity contribution in [3.05, 3.63) is 27.5 Å². The fourth-order valence-electron chi connectivity index (χ4n) is 2.04. The second-order valence-electron chi connectivity index (χ2n) is 4.46. The number of carbonyl (C=O) groups excluding carboxylic acids is 1. The van der Waals surface area contributed by atoms with Gasteiger partial charge < -0.3 is 4.74 Å². The summed E-state index contributed by atoms with van der Waals surface area (Å²) >= 11 is 1.57. The van der Waals surface area contributed by atoms with Crippen LogP contribution in [0, 0.1) is 6.92 Å². The molecule has 0 N–H and O–H groups in total. The molecule has 1 aromatic heterocycles. The number of ether oxygens (including phenoxy) is 1. The normalized spacial score (nSPS) is 10.4. The maximum Gasteiger partial charge on any atom is 0.348 e. The second-order valence-corrected chi connectivity index (χ2v) is 5.56. The highest BCUT2D eigenvalue weighted by Crippen LogP contribution is 2.34. The minimum atomic E-state index is -0.203. The summed E-state index contributed by atoms with van der Waals surface area (Å²) in [4.78, 5) is 13.9. The number of rotatable bonds is 6. The van der Waals surface area contributed by atoms with Crippen LogP contribution in [-0.4, -0.2) is 12.6 Å². The minimum absolute atomic E-state index is 0.203. The molecule has 0 saturated heterocycles. The molecule has 0 spiro atoms. The Bertz CT molecular complexity index is 444. The largest absolute Gasteiger partial charge is 0.462 e. The number of unbranched alkanes of at least 4 members (excludes halogenated alkanes) is 1. The SMILES string of the molecule is C=C(C)c1c(CCCC)sc(C(=O)OCC)c1C. The molecule has 0 saturated carbocycles. The predicted molar refractivity (Wildman–Crippen MR) is 78.3 cm³/mol. The second kappa shape index (κ2) is 6.74. The van der Waals surface area contributed by atoms with Crippen molar-refractivity contribution in [2.75, 3.05) is 6.61 Å². The molecule has 2 nitrogen and oxygen atoms in total. The van der Waals surface area contributed by atoms with E-state index in [1.54, 1.807) is 11.3 Å². The Morgan fingerprint density at radius 1 is 1.39 bits per heavy atom. The molecule has 0 amide bonds. The molecule has 0 unspecified atom stereocenters. The number of hydrogen-bond donors (Lipinski definition) is 0. The molecular formula is C15H22O2S. The van der Waals surface area contributed by atoms with Gasteiger partial charge in [-0.3, -0.25) is 0 Å². The molecule has 0 aliphatic heterocycles. The molecule has 0 atom stereocenters. The lowest BCUT2D eigenvalue weighted by molar-refractivity contribution is 0.0531. The lowest BCUT2D eigenvalue weighted by Crippen LogP contribution is -2.03. The van der Waals surface area contributed by atoms with Gasteiger partial charge in [-0.15, -0.1) is 11.3 Å². The van der Waals surface area contributed by atoms with Crippen molar-refractivity contribution in [1.29, 1.82) is 0 Å². The van der Waals surface area contributed by atoms with Crippen molar-refractivity contribution in [2.24, 2.45) is 0 Å². The number of aryl methyl sites for hydroxylation is 1. The van der Waals surface area contributed by atoms with Gasteiger partial charge >= 0.3 is 5.97 Å². The van der Waals surface area contributed by atoms with Crippen LogP contribution in [0.25, 0.3) is 5.57 Å². The van der Waals surface area contributed by atoms with Crippen LogP contribution >= 0.6 is 11.3 Å². The van der Waals surface area contributed by atoms with Crippen LogP contribution in [0.5, 0.6) is 0 Å². The van der Waals surface area contributed by atoms with Gasteiger partial charge in [0.2, 0.25) is 0 Å². The molecule has 0 aromatic carbocycles. The van der Waals surface area contributed by atoms with E-state index in [1.807, 2.05) is 20.8 Å². The molecule has 0 radical (unpaired) electrons. The van der Waals surface area contributed by atoms with Gasteiger partial charge in [0, 0.05) is 4.88 Å². The highest BCUT2D eigenvalue weighted by atomic mass is 32.1. The first-order valence-corrected chi connectivity index (χ1v) is 7.29. The Kier molecular flexibility index (Phi) is 5.60. The molecule has 0 aliphatic carbocycles. The van der Waals surface area contributed by atoms with Crippen LogP contribution in [0.1, 0.15) is 59.3 Å². The van der Waals surface area contributed by atoms with Gasteiger partial charge in [0.15, 0.2) is 0 Å². The van der Waals surface area contributed by atoms with Gasteiger partial charge in [0.05, 0.1) is 6.61 Å². The molecule has 1 aromatic rings. The van der Waals surface area contributed by atoms with E-state index in [2.05, 4.69) is 13.5 Å². The number of thiophene rings is 1. The van der Waals surface area contributed by atoms with Crippen LogP contribution in [0.15, 0.2) is 6.58 Å². The van der Waals surface area contributed by atoms with Gasteiger partial charge in [-0.2, -0.15) is 0 Å². The highest BCUT2D eigenvalue weighted by molar-refractivity contribution is 7.14. The summed E-state index contributed by atoms with van der Waals surface area (Å²) in [6.45, 7) is 12.4. The summed E-state index contributed by atoms with van der Waals surface area (Å²) in [5.74, 6) is -0.203. The molecule has 100 valence electrons. The molecule has 0 aliphatic rings. The topological polar surface area (TPSA) is 26.3 Å². The summed E-state index contributed by atoms with van der Waals surface area (Å²) in [5, 5.41) is 0. The van der Waals surface area contributed by atoms with Crippen LogP contribution in [0.4, 0.5) is 0 Å². The van der Waals surface area contributed by atoms with E-state index in [4.69, 9.17) is 4.74 Å². The van der Waals surface area contributed by atoms with Crippen molar-refractivity contribution >= 4 is 22.9 Å². The Morgan fingerprint density at radius 2 is 2.06 bits per heavy atom. The third-order valence-electron chi connectivity index (χ3n) is 2.86. The van der Waals surface area contributed by atoms with Gasteiger partial charge in [-0.25, -0.2) is 4.79 Å². The lowest BCUT2D eigenvalue weighted by Gasteiger charge is -2.04. The molecule has 3 heteroatoms. The van der Waals surface area contributed by atoms with Crippen molar-refractivity contribution in [3.63, 3.8) is 0 Å². The summed E-state index contributed by atoms with van der Waals surface area (Å²) in [6, 6.07) is 0. The van der Waals surface area contributed by atoms with Gasteiger partial charge in [0.25, 0.3) is 0 Å². The monoisotopic (exact) mass is 266 g/mol. The zero-order valence-corrected chi connectivity index (χ0v) is 12.6. The Labute approximate surface area is 114 Å². The molecule has 1 rings (SSSR count). The smallest absolute Gasteiger partial charge is 0.348 e. The fourth-order valence-corrected chi connectivity index (χ4v) is 3.36. The molecule has 1 heterocycles. The zero-order chi connectivity index (χ0) is 13.7. The molecule has 18 heavy (non-hydrogen) atoms. The van der Waals surface area contributed by atoms with E-state index in [0.29, 0.717) is 6.61 Å². The number of esters is 1. The first-order valence-electron chi connectivity index (χ1n) is 6.48. The summed E-state index contributed by atoms with van der Waals surface area (Å²) < 4.78 is 5.10. The first-order chi connectivity index (χ1) is 8.52. The van der Waals surface area contributed by atoms with Gasteiger partial charge in [-0.1, -0.05) is 19.9 Å². The summed E-state index contributed by atoms with van der Waals surface area (Å²) in [5.41, 5.74) is 3.22. The van der Waals surface area contributed by atoms with Crippen molar-refractivity contribution in [1.82, 2.24) is 0 Å². The van der Waals surface area contributed by atoms with E-state index in [9.17, 15) is 4.79 Å². The number of allylic oxidation sites excluding steroid dienone is 1. The minimum Gasteiger partial charge on any atom is -0.462 e. The maximum atomic E-state index is 11.9. The van der Waals surface area contributed by atoms with Crippen LogP contribution in [0.3, 0.4) is 0 Å². The van der Waals surface area contributed by atoms with E-state index in [-0.39, 0.29) is 5.97 Å². The standard InChI is InChI=1S/C15H22O2S/c1-6-8-9-12-13(10(3)4)11(5)14(18-12)15(16)17-7-2/h3,6-9H2,1-2,4-5H3. The van der Waals surface area contributed by atoms with Gasteiger partial charge in [0.1, 0.15) is 4.88 Å². The Morgan fingerprint density at radius 3 is 2.56 bits per heavy atom. The van der Waals surface area contributed by atoms with Crippen LogP contribution < -0.4 is 0 Å². The van der Waals surface area contributed by atoms with Gasteiger partial charge in [-0.05, 0) is 50.3 Å². The molecule has 0 bridgehead atoms. The third-order valence-corrected chi connectivity index (χ3v) is 4.20. The maximum absolute atomic E-state index is 11.9. The van der Waals surface area contributed by atoms with Crippen molar-refractivity contribution in [2.45, 2.75) is 47.0 Å². The highest BCUT2D eigenvalue weighted by Gasteiger charge is 2.20. The van der Waals surface area contributed by atoms with Crippen molar-refractivity contribution in [3.8, 4) is 0 Å². The average molecular weight is 266 g/mol. The van der Waals surface area contributed by atoms with Crippen LogP contribution in [0.2, 0.25) is 0 Å². The number of hydrogen-bond acceptors (Lipinski definition) is 3. The Hall–Kier alpha value is -1.09. The molecular weight excluding hydrogens is 244 g/mol. The Balaban J connectivity index is 3.14. The van der Waals surface area contributed by atoms with E-state index >= 15 is 0 Å². The third kappa shape index (κ3) is 3.22. The fraction of sp³-hybridized carbons (Fsp3) is 0.533. The van der Waals surface area contributed by atoms with E-state index < -0.39 is 0 Å². The quantitative estimate of drug-likeness (QED) is 0.703. The average Bonchev–Trinajstić information content (AvgIpc) is 2.64. The predicted octanol–water partition coefficient (Wildman–Crippen LogP) is 4.61. The summed E-state index contributed by atoms with van der Waals surface area (Å²) in [7, 11) is 0. The zero-order valence-electron chi connectivity index (χ0n) is 11.8. The lowest BCUT2D eigenvalue weighted by atomic mass is 10.0. The summed E-state index contributed by atoms with van der Waals surface area (Å²) in [6.07, 6.45) is 3.31. The van der Waals surface area contributed by atoms with Crippen molar-refractivity contribution < 1.29 is 9.53 Å². The first kappa shape index (κ1) is 15.0. The van der Waals surface area contributed by atoms with E-state index in [0.717, 1.165) is 40.8 Å². The molecule has 0 fully saturated rings. The number of carbonyl (C=O) groups is 1.